The monoisotopic (exact) mass is 395 g/mol. The van der Waals surface area contributed by atoms with Crippen LogP contribution in [0.3, 0.4) is 0 Å². The van der Waals surface area contributed by atoms with E-state index in [0.29, 0.717) is 30.9 Å². The SMILES string of the molecule is COc1cccc(S(=O)(=O)N2CCCC(NC(=O)[CH]CC(C)C)C(=O)C2)c1. The molecule has 0 spiro atoms. The van der Waals surface area contributed by atoms with Crippen LogP contribution in [-0.2, 0) is 19.6 Å². The molecule has 0 aliphatic carbocycles. The number of nitrogens with zero attached hydrogens (tertiary/aromatic N) is 1. The third-order valence-electron chi connectivity index (χ3n) is 4.39. The quantitative estimate of drug-likeness (QED) is 0.760. The van der Waals surface area contributed by atoms with Crippen LogP contribution in [0.25, 0.3) is 0 Å². The van der Waals surface area contributed by atoms with E-state index in [1.165, 1.54) is 30.0 Å². The number of Topliss-reactive ketones (excluding diaryl/α,β-unsaturated/α-hetero) is 1. The highest BCUT2D eigenvalue weighted by molar-refractivity contribution is 7.89. The highest BCUT2D eigenvalue weighted by Crippen LogP contribution is 2.23. The van der Waals surface area contributed by atoms with Gasteiger partial charge in [-0.25, -0.2) is 8.42 Å². The van der Waals surface area contributed by atoms with Gasteiger partial charge < -0.3 is 10.1 Å². The van der Waals surface area contributed by atoms with Crippen molar-refractivity contribution in [2.24, 2.45) is 5.92 Å². The zero-order chi connectivity index (χ0) is 20.0. The molecule has 1 aromatic carbocycles. The van der Waals surface area contributed by atoms with Crippen LogP contribution in [0.5, 0.6) is 5.75 Å². The van der Waals surface area contributed by atoms with Crippen LogP contribution in [0.1, 0.15) is 33.1 Å². The summed E-state index contributed by atoms with van der Waals surface area (Å²) in [7, 11) is -2.35. The molecule has 1 heterocycles. The number of ketones is 1. The predicted molar refractivity (Wildman–Crippen MR) is 102 cm³/mol. The standard InChI is InChI=1S/C19H27N2O5S/c1-14(2)9-10-19(23)20-17-8-5-11-21(13-18(17)22)27(24,25)16-7-4-6-15(12-16)26-3/h4,6-7,10,12,14,17H,5,8-9,11,13H2,1-3H3,(H,20,23). The van der Waals surface area contributed by atoms with Crippen LogP contribution in [0, 0.1) is 12.3 Å². The Kier molecular flexibility index (Phi) is 7.38. The number of amides is 1. The molecule has 8 heteroatoms. The first kappa shape index (κ1) is 21.4. The Bertz CT molecular complexity index is 776. The van der Waals surface area contributed by atoms with Gasteiger partial charge >= 0.3 is 0 Å². The molecule has 1 atom stereocenters. The molecule has 1 aliphatic heterocycles. The van der Waals surface area contributed by atoms with Crippen LogP contribution in [-0.4, -0.2) is 50.7 Å². The maximum atomic E-state index is 12.9. The molecule has 1 radical (unpaired) electrons. The minimum atomic E-state index is -3.81. The molecule has 0 aromatic heterocycles. The Balaban J connectivity index is 2.07. The second-order valence-electron chi connectivity index (χ2n) is 7.02. The first-order valence-electron chi connectivity index (χ1n) is 9.04. The molecule has 7 nitrogen and oxygen atoms in total. The maximum absolute atomic E-state index is 12.9. The highest BCUT2D eigenvalue weighted by atomic mass is 32.2. The van der Waals surface area contributed by atoms with Gasteiger partial charge in [0.25, 0.3) is 0 Å². The second-order valence-corrected chi connectivity index (χ2v) is 8.96. The maximum Gasteiger partial charge on any atom is 0.243 e. The van der Waals surface area contributed by atoms with Crippen molar-refractivity contribution in [3.05, 3.63) is 30.7 Å². The molecule has 0 saturated carbocycles. The number of carbonyl (C=O) groups excluding carboxylic acids is 2. The zero-order valence-electron chi connectivity index (χ0n) is 16.0. The fourth-order valence-corrected chi connectivity index (χ4v) is 4.32. The van der Waals surface area contributed by atoms with E-state index in [9.17, 15) is 18.0 Å². The van der Waals surface area contributed by atoms with Gasteiger partial charge in [0.05, 0.1) is 24.6 Å². The summed E-state index contributed by atoms with van der Waals surface area (Å²) in [5.41, 5.74) is 0. The van der Waals surface area contributed by atoms with Gasteiger partial charge in [0.15, 0.2) is 5.78 Å². The fraction of sp³-hybridized carbons (Fsp3) is 0.526. The lowest BCUT2D eigenvalue weighted by Crippen LogP contribution is -2.44. The lowest BCUT2D eigenvalue weighted by atomic mass is 10.1. The van der Waals surface area contributed by atoms with Crippen molar-refractivity contribution in [2.45, 2.75) is 44.0 Å². The Hall–Kier alpha value is -1.93. The summed E-state index contributed by atoms with van der Waals surface area (Å²) in [6.45, 7) is 3.98. The third kappa shape index (κ3) is 5.77. The number of methoxy groups -OCH3 is 1. The van der Waals surface area contributed by atoms with Gasteiger partial charge in [0.2, 0.25) is 15.9 Å². The summed E-state index contributed by atoms with van der Waals surface area (Å²) in [5.74, 6) is 0.198. The van der Waals surface area contributed by atoms with E-state index in [2.05, 4.69) is 5.32 Å². The molecule has 27 heavy (non-hydrogen) atoms. The van der Waals surface area contributed by atoms with Gasteiger partial charge in [0, 0.05) is 19.0 Å². The van der Waals surface area contributed by atoms with Crippen molar-refractivity contribution in [1.29, 1.82) is 0 Å². The number of hydrogen-bond donors (Lipinski definition) is 1. The Morgan fingerprint density at radius 1 is 1.41 bits per heavy atom. The predicted octanol–water partition coefficient (Wildman–Crippen LogP) is 1.78. The number of nitrogens with one attached hydrogen (secondary N) is 1. The van der Waals surface area contributed by atoms with Gasteiger partial charge in [0.1, 0.15) is 5.75 Å². The van der Waals surface area contributed by atoms with Crippen molar-refractivity contribution in [2.75, 3.05) is 20.2 Å². The van der Waals surface area contributed by atoms with Crippen molar-refractivity contribution < 1.29 is 22.7 Å². The van der Waals surface area contributed by atoms with Gasteiger partial charge in [-0.3, -0.25) is 9.59 Å². The molecule has 1 amide bonds. The first-order chi connectivity index (χ1) is 12.7. The molecular formula is C19H27N2O5S. The van der Waals surface area contributed by atoms with Crippen molar-refractivity contribution in [1.82, 2.24) is 9.62 Å². The van der Waals surface area contributed by atoms with E-state index in [1.54, 1.807) is 12.1 Å². The number of benzene rings is 1. The number of hydrogen-bond acceptors (Lipinski definition) is 5. The van der Waals surface area contributed by atoms with Crippen LogP contribution in [0.2, 0.25) is 0 Å². The van der Waals surface area contributed by atoms with E-state index in [1.807, 2.05) is 13.8 Å². The van der Waals surface area contributed by atoms with E-state index in [0.717, 1.165) is 0 Å². The molecule has 1 saturated heterocycles. The highest BCUT2D eigenvalue weighted by Gasteiger charge is 2.33. The van der Waals surface area contributed by atoms with Crippen LogP contribution in [0.15, 0.2) is 29.2 Å². The van der Waals surface area contributed by atoms with Crippen LogP contribution in [0.4, 0.5) is 0 Å². The molecule has 1 unspecified atom stereocenters. The van der Waals surface area contributed by atoms with Gasteiger partial charge in [-0.2, -0.15) is 4.31 Å². The number of carbonyl (C=O) groups is 2. The summed E-state index contributed by atoms with van der Waals surface area (Å²) in [6, 6.07) is 5.51. The zero-order valence-corrected chi connectivity index (χ0v) is 16.8. The molecule has 1 fully saturated rings. The number of rotatable bonds is 7. The molecule has 149 valence electrons. The normalized spacial score (nSPS) is 19.0. The fourth-order valence-electron chi connectivity index (χ4n) is 2.84. The Morgan fingerprint density at radius 3 is 2.81 bits per heavy atom. The number of ether oxygens (including phenoxy) is 1. The van der Waals surface area contributed by atoms with Crippen LogP contribution < -0.4 is 10.1 Å². The second kappa shape index (κ2) is 9.32. The molecule has 1 aromatic rings. The van der Waals surface area contributed by atoms with E-state index >= 15 is 0 Å². The first-order valence-corrected chi connectivity index (χ1v) is 10.5. The molecular weight excluding hydrogens is 368 g/mol. The lowest BCUT2D eigenvalue weighted by molar-refractivity contribution is -0.126. The van der Waals surface area contributed by atoms with Crippen LogP contribution >= 0.6 is 0 Å². The Labute approximate surface area is 161 Å². The van der Waals surface area contributed by atoms with Gasteiger partial charge in [-0.05, 0) is 37.3 Å². The summed E-state index contributed by atoms with van der Waals surface area (Å²) in [5, 5.41) is 2.71. The summed E-state index contributed by atoms with van der Waals surface area (Å²) in [4.78, 5) is 24.6. The minimum Gasteiger partial charge on any atom is -0.497 e. The number of sulfonamides is 1. The van der Waals surface area contributed by atoms with Gasteiger partial charge in [-0.15, -0.1) is 0 Å². The average Bonchev–Trinajstić information content (AvgIpc) is 2.82. The van der Waals surface area contributed by atoms with E-state index in [-0.39, 0.29) is 29.7 Å². The minimum absolute atomic E-state index is 0.0856. The smallest absolute Gasteiger partial charge is 0.243 e. The molecule has 1 N–H and O–H groups in total. The van der Waals surface area contributed by atoms with Crippen molar-refractivity contribution in [3.8, 4) is 5.75 Å². The third-order valence-corrected chi connectivity index (χ3v) is 6.23. The molecule has 2 rings (SSSR count). The summed E-state index contributed by atoms with van der Waals surface area (Å²) >= 11 is 0. The van der Waals surface area contributed by atoms with Crippen molar-refractivity contribution >= 4 is 21.7 Å². The average molecular weight is 396 g/mol. The molecule has 1 aliphatic rings. The van der Waals surface area contributed by atoms with Crippen molar-refractivity contribution in [3.63, 3.8) is 0 Å². The topological polar surface area (TPSA) is 92.8 Å². The summed E-state index contributed by atoms with van der Waals surface area (Å²) < 4.78 is 32.0. The largest absolute Gasteiger partial charge is 0.497 e. The van der Waals surface area contributed by atoms with E-state index < -0.39 is 16.1 Å². The van der Waals surface area contributed by atoms with Gasteiger partial charge in [-0.1, -0.05) is 19.9 Å². The Morgan fingerprint density at radius 2 is 2.15 bits per heavy atom. The molecule has 0 bridgehead atoms. The van der Waals surface area contributed by atoms with E-state index in [4.69, 9.17) is 4.74 Å². The summed E-state index contributed by atoms with van der Waals surface area (Å²) in [6.07, 6.45) is 3.07. The lowest BCUT2D eigenvalue weighted by Gasteiger charge is -2.20.